The fourth-order valence-electron chi connectivity index (χ4n) is 2.88. The lowest BCUT2D eigenvalue weighted by atomic mass is 10.1. The maximum atomic E-state index is 12.2. The standard InChI is InChI=1S/C22H17ClN2O2/c23-17-8-4-7-16(13-17)22-25-19-14-18(10-11-20(19)27-22)24-21(26)12-9-15-5-2-1-3-6-15/h1-8,10-11,13-14H,9,12H2,(H,24,26). The minimum atomic E-state index is -0.0308. The Kier molecular flexibility index (Phi) is 4.90. The second kappa shape index (κ2) is 7.64. The fraction of sp³-hybridized carbons (Fsp3) is 0.0909. The summed E-state index contributed by atoms with van der Waals surface area (Å²) < 4.78 is 5.79. The smallest absolute Gasteiger partial charge is 0.227 e. The molecule has 27 heavy (non-hydrogen) atoms. The summed E-state index contributed by atoms with van der Waals surface area (Å²) in [5.41, 5.74) is 4.00. The van der Waals surface area contributed by atoms with Crippen LogP contribution in [0.3, 0.4) is 0 Å². The van der Waals surface area contributed by atoms with E-state index in [1.165, 1.54) is 0 Å². The van der Waals surface area contributed by atoms with Crippen LogP contribution >= 0.6 is 11.6 Å². The largest absolute Gasteiger partial charge is 0.436 e. The SMILES string of the molecule is O=C(CCc1ccccc1)Nc1ccc2oc(-c3cccc(Cl)c3)nc2c1. The van der Waals surface area contributed by atoms with Gasteiger partial charge in [0.25, 0.3) is 0 Å². The molecule has 134 valence electrons. The molecule has 4 nitrogen and oxygen atoms in total. The molecule has 0 spiro atoms. The summed E-state index contributed by atoms with van der Waals surface area (Å²) in [5.74, 6) is 0.469. The van der Waals surface area contributed by atoms with E-state index in [4.69, 9.17) is 16.0 Å². The third-order valence-corrected chi connectivity index (χ3v) is 4.46. The maximum absolute atomic E-state index is 12.2. The molecule has 1 amide bonds. The zero-order valence-corrected chi connectivity index (χ0v) is 15.2. The Labute approximate surface area is 161 Å². The zero-order chi connectivity index (χ0) is 18.6. The monoisotopic (exact) mass is 376 g/mol. The summed E-state index contributed by atoms with van der Waals surface area (Å²) in [6, 6.07) is 22.7. The molecule has 5 heteroatoms. The van der Waals surface area contributed by atoms with Crippen molar-refractivity contribution in [2.24, 2.45) is 0 Å². The van der Waals surface area contributed by atoms with Crippen LogP contribution in [0.1, 0.15) is 12.0 Å². The van der Waals surface area contributed by atoms with Gasteiger partial charge in [-0.15, -0.1) is 0 Å². The molecule has 0 saturated carbocycles. The molecule has 4 aromatic rings. The van der Waals surface area contributed by atoms with E-state index in [1.807, 2.05) is 60.7 Å². The first-order valence-electron chi connectivity index (χ1n) is 8.68. The maximum Gasteiger partial charge on any atom is 0.227 e. The highest BCUT2D eigenvalue weighted by Gasteiger charge is 2.10. The second-order valence-electron chi connectivity index (χ2n) is 6.25. The number of nitrogens with zero attached hydrogens (tertiary/aromatic N) is 1. The number of amides is 1. The number of anilines is 1. The van der Waals surface area contributed by atoms with Crippen molar-refractivity contribution in [2.45, 2.75) is 12.8 Å². The average Bonchev–Trinajstić information content (AvgIpc) is 3.11. The number of hydrogen-bond donors (Lipinski definition) is 1. The number of oxazole rings is 1. The highest BCUT2D eigenvalue weighted by molar-refractivity contribution is 6.30. The number of carbonyl (C=O) groups is 1. The zero-order valence-electron chi connectivity index (χ0n) is 14.5. The van der Waals surface area contributed by atoms with Gasteiger partial charge in [-0.2, -0.15) is 0 Å². The molecule has 0 atom stereocenters. The minimum absolute atomic E-state index is 0.0308. The first kappa shape index (κ1) is 17.3. The molecule has 3 aromatic carbocycles. The summed E-state index contributed by atoms with van der Waals surface area (Å²) in [5, 5.41) is 3.55. The van der Waals surface area contributed by atoms with Crippen LogP contribution in [-0.4, -0.2) is 10.9 Å². The van der Waals surface area contributed by atoms with E-state index in [2.05, 4.69) is 10.3 Å². The van der Waals surface area contributed by atoms with Gasteiger partial charge < -0.3 is 9.73 Å². The van der Waals surface area contributed by atoms with Crippen LogP contribution in [0, 0.1) is 0 Å². The van der Waals surface area contributed by atoms with Gasteiger partial charge in [0.2, 0.25) is 11.8 Å². The van der Waals surface area contributed by atoms with Crippen LogP contribution in [0.4, 0.5) is 5.69 Å². The number of fused-ring (bicyclic) bond motifs is 1. The van der Waals surface area contributed by atoms with Crippen molar-refractivity contribution in [3.63, 3.8) is 0 Å². The van der Waals surface area contributed by atoms with Crippen LogP contribution < -0.4 is 5.32 Å². The topological polar surface area (TPSA) is 55.1 Å². The van der Waals surface area contributed by atoms with E-state index in [0.717, 1.165) is 11.1 Å². The lowest BCUT2D eigenvalue weighted by molar-refractivity contribution is -0.116. The van der Waals surface area contributed by atoms with Gasteiger partial charge in [0.05, 0.1) is 0 Å². The van der Waals surface area contributed by atoms with Crippen LogP contribution in [0.25, 0.3) is 22.6 Å². The number of rotatable bonds is 5. The fourth-order valence-corrected chi connectivity index (χ4v) is 3.07. The molecule has 1 heterocycles. The number of halogens is 1. The number of hydrogen-bond acceptors (Lipinski definition) is 3. The van der Waals surface area contributed by atoms with Gasteiger partial charge in [-0.25, -0.2) is 4.98 Å². The Morgan fingerprint density at radius 1 is 1.00 bits per heavy atom. The highest BCUT2D eigenvalue weighted by atomic mass is 35.5. The van der Waals surface area contributed by atoms with Gasteiger partial charge in [-0.05, 0) is 48.4 Å². The number of carbonyl (C=O) groups excluding carboxylic acids is 1. The van der Waals surface area contributed by atoms with Crippen molar-refractivity contribution in [2.75, 3.05) is 5.32 Å². The van der Waals surface area contributed by atoms with E-state index >= 15 is 0 Å². The van der Waals surface area contributed by atoms with Crippen molar-refractivity contribution in [1.29, 1.82) is 0 Å². The first-order valence-corrected chi connectivity index (χ1v) is 9.05. The number of aryl methyl sites for hydroxylation is 1. The molecule has 0 unspecified atom stereocenters. The molecule has 0 aliphatic heterocycles. The van der Waals surface area contributed by atoms with Gasteiger partial charge in [0, 0.05) is 22.7 Å². The molecule has 0 fully saturated rings. The summed E-state index contributed by atoms with van der Waals surface area (Å²) >= 11 is 6.03. The van der Waals surface area contributed by atoms with Crippen molar-refractivity contribution < 1.29 is 9.21 Å². The van der Waals surface area contributed by atoms with Crippen LogP contribution in [-0.2, 0) is 11.2 Å². The van der Waals surface area contributed by atoms with E-state index in [1.54, 1.807) is 12.1 Å². The Hall–Kier alpha value is -3.11. The third kappa shape index (κ3) is 4.18. The third-order valence-electron chi connectivity index (χ3n) is 4.23. The van der Waals surface area contributed by atoms with Gasteiger partial charge in [-0.1, -0.05) is 48.0 Å². The normalized spacial score (nSPS) is 10.9. The van der Waals surface area contributed by atoms with Gasteiger partial charge in [-0.3, -0.25) is 4.79 Å². The Balaban J connectivity index is 1.47. The van der Waals surface area contributed by atoms with Crippen molar-refractivity contribution >= 4 is 34.3 Å². The lowest BCUT2D eigenvalue weighted by Crippen LogP contribution is -2.12. The van der Waals surface area contributed by atoms with Gasteiger partial charge >= 0.3 is 0 Å². The summed E-state index contributed by atoms with van der Waals surface area (Å²) in [7, 11) is 0. The number of nitrogens with one attached hydrogen (secondary N) is 1. The van der Waals surface area contributed by atoms with Crippen LogP contribution in [0.5, 0.6) is 0 Å². The molecule has 0 saturated heterocycles. The number of benzene rings is 3. The molecule has 1 N–H and O–H groups in total. The molecule has 0 bridgehead atoms. The molecular weight excluding hydrogens is 360 g/mol. The first-order chi connectivity index (χ1) is 13.2. The summed E-state index contributed by atoms with van der Waals surface area (Å²) in [6.45, 7) is 0. The Morgan fingerprint density at radius 2 is 1.85 bits per heavy atom. The predicted octanol–water partition coefficient (Wildman–Crippen LogP) is 5.72. The average molecular weight is 377 g/mol. The molecule has 0 aliphatic rings. The molecule has 0 radical (unpaired) electrons. The Morgan fingerprint density at radius 3 is 2.67 bits per heavy atom. The van der Waals surface area contributed by atoms with Gasteiger partial charge in [0.15, 0.2) is 5.58 Å². The molecule has 1 aromatic heterocycles. The molecular formula is C22H17ClN2O2. The Bertz CT molecular complexity index is 1090. The van der Waals surface area contributed by atoms with Crippen molar-refractivity contribution in [3.8, 4) is 11.5 Å². The quantitative estimate of drug-likeness (QED) is 0.484. The lowest BCUT2D eigenvalue weighted by Gasteiger charge is -2.05. The summed E-state index contributed by atoms with van der Waals surface area (Å²) in [4.78, 5) is 16.7. The molecule has 4 rings (SSSR count). The number of aromatic nitrogens is 1. The minimum Gasteiger partial charge on any atom is -0.436 e. The highest BCUT2D eigenvalue weighted by Crippen LogP contribution is 2.27. The second-order valence-corrected chi connectivity index (χ2v) is 6.68. The van der Waals surface area contributed by atoms with E-state index in [9.17, 15) is 4.79 Å². The van der Waals surface area contributed by atoms with Gasteiger partial charge in [0.1, 0.15) is 5.52 Å². The van der Waals surface area contributed by atoms with Crippen molar-refractivity contribution in [3.05, 3.63) is 83.4 Å². The van der Waals surface area contributed by atoms with E-state index in [0.29, 0.717) is 40.5 Å². The van der Waals surface area contributed by atoms with E-state index < -0.39 is 0 Å². The van der Waals surface area contributed by atoms with Crippen LogP contribution in [0.2, 0.25) is 5.02 Å². The molecule has 0 aliphatic carbocycles. The predicted molar refractivity (Wildman–Crippen MR) is 108 cm³/mol. The van der Waals surface area contributed by atoms with E-state index in [-0.39, 0.29) is 5.91 Å². The summed E-state index contributed by atoms with van der Waals surface area (Å²) in [6.07, 6.45) is 1.13. The van der Waals surface area contributed by atoms with Crippen LogP contribution in [0.15, 0.2) is 77.2 Å². The van der Waals surface area contributed by atoms with Crippen molar-refractivity contribution in [1.82, 2.24) is 4.98 Å².